The molecule has 0 heterocycles. The monoisotopic (exact) mass is 125 g/mol. The number of thioether (sulfide) groups is 1. The first-order valence-electron chi connectivity index (χ1n) is 1.93. The van der Waals surface area contributed by atoms with Crippen LogP contribution in [0.2, 0.25) is 0 Å². The summed E-state index contributed by atoms with van der Waals surface area (Å²) in [4.78, 5) is 0. The van der Waals surface area contributed by atoms with Gasteiger partial charge in [0.2, 0.25) is 0 Å². The molecule has 0 saturated carbocycles. The van der Waals surface area contributed by atoms with E-state index in [9.17, 15) is 8.78 Å². The van der Waals surface area contributed by atoms with Crippen LogP contribution in [0, 0.1) is 6.92 Å². The molecule has 0 aromatic carbocycles. The first-order valence-corrected chi connectivity index (χ1v) is 2.92. The zero-order valence-corrected chi connectivity index (χ0v) is 4.89. The van der Waals surface area contributed by atoms with E-state index in [2.05, 4.69) is 6.92 Å². The first kappa shape index (κ1) is 7.21. The van der Waals surface area contributed by atoms with Gasteiger partial charge in [-0.25, -0.2) is 0 Å². The number of hydrogen-bond donors (Lipinski definition) is 0. The fraction of sp³-hybridized carbons (Fsp3) is 0.750. The largest absolute Gasteiger partial charge is 0.294 e. The Morgan fingerprint density at radius 1 is 1.71 bits per heavy atom. The average Bonchev–Trinajstić information content (AvgIpc) is 1.30. The molecule has 0 N–H and O–H groups in total. The van der Waals surface area contributed by atoms with Crippen LogP contribution in [0.4, 0.5) is 8.78 Å². The van der Waals surface area contributed by atoms with Crippen molar-refractivity contribution < 1.29 is 8.78 Å². The fourth-order valence-corrected chi connectivity index (χ4v) is 0.634. The molecule has 0 aliphatic rings. The van der Waals surface area contributed by atoms with Gasteiger partial charge in [-0.15, -0.1) is 0 Å². The molecule has 0 saturated heterocycles. The van der Waals surface area contributed by atoms with Crippen LogP contribution in [-0.2, 0) is 0 Å². The summed E-state index contributed by atoms with van der Waals surface area (Å²) in [5, 5.41) is -2.78. The minimum Gasteiger partial charge on any atom is -0.194 e. The lowest BCUT2D eigenvalue weighted by Gasteiger charge is -2.04. The standard InChI is InChI=1S/C4H7F2S/c1-3-7-4(2,5)6/h2-3H2,1H3. The van der Waals surface area contributed by atoms with E-state index in [4.69, 9.17) is 0 Å². The maximum absolute atomic E-state index is 11.6. The molecule has 0 aromatic heterocycles. The Labute approximate surface area is 46.3 Å². The van der Waals surface area contributed by atoms with Crippen LogP contribution >= 0.6 is 11.8 Å². The summed E-state index contributed by atoms with van der Waals surface area (Å²) < 4.78 is 23.1. The summed E-state index contributed by atoms with van der Waals surface area (Å²) in [5.41, 5.74) is 0. The SMILES string of the molecule is [CH2]C(F)(F)SCC. The van der Waals surface area contributed by atoms with Gasteiger partial charge in [0.1, 0.15) is 0 Å². The summed E-state index contributed by atoms with van der Waals surface area (Å²) in [6, 6.07) is 0. The van der Waals surface area contributed by atoms with Gasteiger partial charge in [0.25, 0.3) is 5.25 Å². The predicted molar refractivity (Wildman–Crippen MR) is 28.4 cm³/mol. The van der Waals surface area contributed by atoms with Crippen LogP contribution in [0.3, 0.4) is 0 Å². The van der Waals surface area contributed by atoms with E-state index in [1.807, 2.05) is 0 Å². The zero-order chi connectivity index (χ0) is 5.91. The number of halogens is 2. The third kappa shape index (κ3) is 6.21. The van der Waals surface area contributed by atoms with Crippen molar-refractivity contribution in [2.24, 2.45) is 0 Å². The van der Waals surface area contributed by atoms with Crippen molar-refractivity contribution in [3.8, 4) is 0 Å². The van der Waals surface area contributed by atoms with Crippen LogP contribution in [-0.4, -0.2) is 11.0 Å². The predicted octanol–water partition coefficient (Wildman–Crippen LogP) is 2.17. The van der Waals surface area contributed by atoms with Gasteiger partial charge in [-0.1, -0.05) is 18.7 Å². The molecular formula is C4H7F2S. The smallest absolute Gasteiger partial charge is 0.194 e. The van der Waals surface area contributed by atoms with Crippen LogP contribution < -0.4 is 0 Å². The summed E-state index contributed by atoms with van der Waals surface area (Å²) in [7, 11) is 0. The quantitative estimate of drug-likeness (QED) is 0.545. The average molecular weight is 125 g/mol. The second-order valence-corrected chi connectivity index (χ2v) is 2.53. The lowest BCUT2D eigenvalue weighted by Crippen LogP contribution is -2.02. The molecule has 0 amide bonds. The molecule has 43 valence electrons. The van der Waals surface area contributed by atoms with E-state index >= 15 is 0 Å². The molecule has 0 aromatic rings. The van der Waals surface area contributed by atoms with Crippen LogP contribution in [0.5, 0.6) is 0 Å². The number of alkyl halides is 2. The highest BCUT2D eigenvalue weighted by atomic mass is 32.2. The lowest BCUT2D eigenvalue weighted by molar-refractivity contribution is 0.159. The molecule has 0 fully saturated rings. The molecule has 0 aliphatic heterocycles. The molecule has 3 heteroatoms. The van der Waals surface area contributed by atoms with Gasteiger partial charge in [-0.3, -0.25) is 0 Å². The van der Waals surface area contributed by atoms with Gasteiger partial charge in [0.15, 0.2) is 0 Å². The van der Waals surface area contributed by atoms with Gasteiger partial charge < -0.3 is 0 Å². The molecule has 0 nitrogen and oxygen atoms in total. The van der Waals surface area contributed by atoms with E-state index in [1.165, 1.54) is 0 Å². The molecule has 7 heavy (non-hydrogen) atoms. The maximum Gasteiger partial charge on any atom is 0.294 e. The van der Waals surface area contributed by atoms with Gasteiger partial charge in [-0.05, 0) is 5.75 Å². The van der Waals surface area contributed by atoms with Gasteiger partial charge in [0, 0.05) is 6.92 Å². The van der Waals surface area contributed by atoms with Crippen LogP contribution in [0.25, 0.3) is 0 Å². The van der Waals surface area contributed by atoms with Crippen molar-refractivity contribution in [2.75, 3.05) is 5.75 Å². The normalized spacial score (nSPS) is 12.0. The highest BCUT2D eigenvalue weighted by molar-refractivity contribution is 8.00. The Kier molecular flexibility index (Phi) is 2.58. The molecule has 1 radical (unpaired) electrons. The van der Waals surface area contributed by atoms with Crippen molar-refractivity contribution >= 4 is 11.8 Å². The summed E-state index contributed by atoms with van der Waals surface area (Å²) in [6.07, 6.45) is 0. The highest BCUT2D eigenvalue weighted by Gasteiger charge is 2.19. The van der Waals surface area contributed by atoms with E-state index < -0.39 is 5.25 Å². The fourth-order valence-electron chi connectivity index (χ4n) is 0.211. The molecule has 0 unspecified atom stereocenters. The van der Waals surface area contributed by atoms with E-state index in [1.54, 1.807) is 6.92 Å². The first-order chi connectivity index (χ1) is 3.06. The van der Waals surface area contributed by atoms with Crippen molar-refractivity contribution in [1.29, 1.82) is 0 Å². The molecular weight excluding hydrogens is 118 g/mol. The zero-order valence-electron chi connectivity index (χ0n) is 4.08. The molecule has 0 bridgehead atoms. The maximum atomic E-state index is 11.6. The topological polar surface area (TPSA) is 0 Å². The third-order valence-corrected chi connectivity index (χ3v) is 1.07. The lowest BCUT2D eigenvalue weighted by atomic mass is 10.8. The van der Waals surface area contributed by atoms with Crippen LogP contribution in [0.1, 0.15) is 6.92 Å². The van der Waals surface area contributed by atoms with E-state index in [-0.39, 0.29) is 0 Å². The molecule has 0 aliphatic carbocycles. The van der Waals surface area contributed by atoms with Crippen molar-refractivity contribution in [1.82, 2.24) is 0 Å². The summed E-state index contributed by atoms with van der Waals surface area (Å²) in [5.74, 6) is 0.413. The Hall–Kier alpha value is 0.210. The van der Waals surface area contributed by atoms with Gasteiger partial charge >= 0.3 is 0 Å². The Morgan fingerprint density at radius 3 is 2.14 bits per heavy atom. The second kappa shape index (κ2) is 2.50. The molecule has 0 rings (SSSR count). The number of hydrogen-bond acceptors (Lipinski definition) is 1. The Balaban J connectivity index is 3.15. The van der Waals surface area contributed by atoms with Gasteiger partial charge in [0.05, 0.1) is 0 Å². The molecule has 0 atom stereocenters. The minimum absolute atomic E-state index is 0.413. The van der Waals surface area contributed by atoms with Crippen molar-refractivity contribution in [3.63, 3.8) is 0 Å². The molecule has 0 spiro atoms. The number of rotatable bonds is 2. The van der Waals surface area contributed by atoms with Gasteiger partial charge in [-0.2, -0.15) is 8.78 Å². The summed E-state index contributed by atoms with van der Waals surface area (Å²) in [6.45, 7) is 4.26. The summed E-state index contributed by atoms with van der Waals surface area (Å²) >= 11 is 0.544. The Bertz CT molecular complexity index is 48.1. The van der Waals surface area contributed by atoms with E-state index in [0.29, 0.717) is 17.5 Å². The van der Waals surface area contributed by atoms with E-state index in [0.717, 1.165) is 0 Å². The van der Waals surface area contributed by atoms with Crippen molar-refractivity contribution in [3.05, 3.63) is 6.92 Å². The minimum atomic E-state index is -2.78. The second-order valence-electron chi connectivity index (χ2n) is 1.07. The third-order valence-electron chi connectivity index (χ3n) is 0.356. The van der Waals surface area contributed by atoms with Crippen molar-refractivity contribution in [2.45, 2.75) is 12.2 Å². The highest BCUT2D eigenvalue weighted by Crippen LogP contribution is 2.26. The van der Waals surface area contributed by atoms with Crippen LogP contribution in [0.15, 0.2) is 0 Å². The Morgan fingerprint density at radius 2 is 2.14 bits per heavy atom.